The van der Waals surface area contributed by atoms with E-state index in [9.17, 15) is 14.0 Å². The maximum Gasteiger partial charge on any atom is 0.437 e. The van der Waals surface area contributed by atoms with Crippen molar-refractivity contribution in [2.45, 2.75) is 32.7 Å². The number of halogens is 1. The summed E-state index contributed by atoms with van der Waals surface area (Å²) in [6, 6.07) is 7.13. The largest absolute Gasteiger partial charge is 0.437 e. The molecule has 0 fully saturated rings. The Hall–Kier alpha value is -3.23. The van der Waals surface area contributed by atoms with Crippen LogP contribution < -0.4 is 11.1 Å². The lowest BCUT2D eigenvalue weighted by Crippen LogP contribution is -2.26. The second-order valence-corrected chi connectivity index (χ2v) is 7.17. The van der Waals surface area contributed by atoms with Gasteiger partial charge in [-0.1, -0.05) is 20.8 Å². The predicted octanol–water partition coefficient (Wildman–Crippen LogP) is 2.31. The fourth-order valence-electron chi connectivity index (χ4n) is 2.38. The summed E-state index contributed by atoms with van der Waals surface area (Å²) in [6.45, 7) is 5.74. The number of nitrogens with one attached hydrogen (secondary N) is 1. The topological polar surface area (TPSA) is 95.0 Å². The average Bonchev–Trinajstić information content (AvgIpc) is 3.12. The Labute approximate surface area is 154 Å². The summed E-state index contributed by atoms with van der Waals surface area (Å²) in [5.41, 5.74) is 1.11. The highest BCUT2D eigenvalue weighted by Crippen LogP contribution is 2.23. The van der Waals surface area contributed by atoms with Crippen molar-refractivity contribution < 1.29 is 13.6 Å². The summed E-state index contributed by atoms with van der Waals surface area (Å²) in [7, 11) is 1.72. The van der Waals surface area contributed by atoms with Crippen LogP contribution in [0.5, 0.6) is 0 Å². The highest BCUT2D eigenvalue weighted by molar-refractivity contribution is 5.89. The zero-order valence-electron chi connectivity index (χ0n) is 15.5. The molecule has 27 heavy (non-hydrogen) atoms. The molecular formula is C18H20FN5O3. The van der Waals surface area contributed by atoms with E-state index in [1.165, 1.54) is 24.3 Å². The molecule has 1 N–H and O–H groups in total. The van der Waals surface area contributed by atoms with Crippen molar-refractivity contribution in [3.63, 3.8) is 0 Å². The normalized spacial score (nSPS) is 11.6. The molecule has 0 unspecified atom stereocenters. The molecule has 0 saturated carbocycles. The van der Waals surface area contributed by atoms with Gasteiger partial charge in [0.2, 0.25) is 11.8 Å². The van der Waals surface area contributed by atoms with Gasteiger partial charge in [0.05, 0.1) is 5.69 Å². The summed E-state index contributed by atoms with van der Waals surface area (Å²) >= 11 is 0. The van der Waals surface area contributed by atoms with Gasteiger partial charge in [-0.15, -0.1) is 5.10 Å². The van der Waals surface area contributed by atoms with Crippen LogP contribution in [-0.2, 0) is 23.8 Å². The molecular weight excluding hydrogens is 353 g/mol. The molecule has 1 aromatic carbocycles. The van der Waals surface area contributed by atoms with Crippen LogP contribution in [0.2, 0.25) is 0 Å². The molecule has 0 aliphatic carbocycles. The molecule has 9 heteroatoms. The van der Waals surface area contributed by atoms with Crippen LogP contribution in [0.1, 0.15) is 26.5 Å². The van der Waals surface area contributed by atoms with E-state index in [1.807, 2.05) is 20.8 Å². The Kier molecular flexibility index (Phi) is 4.69. The van der Waals surface area contributed by atoms with Crippen LogP contribution in [-0.4, -0.2) is 25.5 Å². The smallest absolute Gasteiger partial charge is 0.388 e. The van der Waals surface area contributed by atoms with E-state index >= 15 is 0 Å². The third kappa shape index (κ3) is 4.13. The second kappa shape index (κ2) is 6.82. The van der Waals surface area contributed by atoms with E-state index in [-0.39, 0.29) is 17.9 Å². The number of nitrogens with zero attached hydrogens (tertiary/aromatic N) is 4. The van der Waals surface area contributed by atoms with E-state index in [1.54, 1.807) is 17.8 Å². The van der Waals surface area contributed by atoms with Crippen LogP contribution in [0.4, 0.5) is 10.2 Å². The molecule has 0 atom stereocenters. The Morgan fingerprint density at radius 1 is 1.22 bits per heavy atom. The zero-order valence-corrected chi connectivity index (χ0v) is 15.5. The molecule has 8 nitrogen and oxygen atoms in total. The number of hydrogen-bond donors (Lipinski definition) is 1. The SMILES string of the molecule is Cn1nc(C(C)(C)C)cc1NC(=O)Cn1nc(-c2ccc(F)cc2)oc1=O. The second-order valence-electron chi connectivity index (χ2n) is 7.17. The van der Waals surface area contributed by atoms with Crippen molar-refractivity contribution in [3.05, 3.63) is 52.4 Å². The van der Waals surface area contributed by atoms with Crippen LogP contribution in [0.15, 0.2) is 39.5 Å². The van der Waals surface area contributed by atoms with Crippen LogP contribution in [0.25, 0.3) is 11.5 Å². The van der Waals surface area contributed by atoms with Crippen molar-refractivity contribution in [1.29, 1.82) is 0 Å². The summed E-state index contributed by atoms with van der Waals surface area (Å²) in [4.78, 5) is 24.2. The molecule has 0 saturated heterocycles. The van der Waals surface area contributed by atoms with Gasteiger partial charge in [-0.05, 0) is 24.3 Å². The number of carbonyl (C=O) groups excluding carboxylic acids is 1. The molecule has 2 heterocycles. The van der Waals surface area contributed by atoms with Gasteiger partial charge in [0, 0.05) is 24.1 Å². The van der Waals surface area contributed by atoms with E-state index in [0.717, 1.165) is 10.4 Å². The standard InChI is InChI=1S/C18H20FN5O3/c1-18(2,3)13-9-14(23(4)21-13)20-15(25)10-24-17(26)27-16(22-24)11-5-7-12(19)8-6-11/h5-9H,10H2,1-4H3,(H,20,25). The fourth-order valence-corrected chi connectivity index (χ4v) is 2.38. The highest BCUT2D eigenvalue weighted by Gasteiger charge is 2.20. The molecule has 0 radical (unpaired) electrons. The summed E-state index contributed by atoms with van der Waals surface area (Å²) in [6.07, 6.45) is 0. The number of rotatable bonds is 4. The third-order valence-corrected chi connectivity index (χ3v) is 3.91. The maximum absolute atomic E-state index is 13.0. The molecule has 0 bridgehead atoms. The number of aryl methyl sites for hydroxylation is 1. The molecule has 0 aliphatic rings. The number of carbonyl (C=O) groups is 1. The van der Waals surface area contributed by atoms with Crippen molar-refractivity contribution in [2.24, 2.45) is 7.05 Å². The number of anilines is 1. The van der Waals surface area contributed by atoms with Crippen LogP contribution >= 0.6 is 0 Å². The molecule has 3 rings (SSSR count). The first-order chi connectivity index (χ1) is 12.6. The maximum atomic E-state index is 13.0. The van der Waals surface area contributed by atoms with Crippen molar-refractivity contribution in [2.75, 3.05) is 5.32 Å². The quantitative estimate of drug-likeness (QED) is 0.757. The first kappa shape index (κ1) is 18.6. The van der Waals surface area contributed by atoms with Crippen molar-refractivity contribution in [3.8, 4) is 11.5 Å². The monoisotopic (exact) mass is 373 g/mol. The number of aromatic nitrogens is 4. The third-order valence-electron chi connectivity index (χ3n) is 3.91. The van der Waals surface area contributed by atoms with Gasteiger partial charge in [-0.2, -0.15) is 9.78 Å². The number of amides is 1. The Morgan fingerprint density at radius 2 is 1.89 bits per heavy atom. The van der Waals surface area contributed by atoms with Gasteiger partial charge in [0.15, 0.2) is 0 Å². The minimum Gasteiger partial charge on any atom is -0.388 e. The molecule has 3 aromatic rings. The Balaban J connectivity index is 1.74. The number of hydrogen-bond acceptors (Lipinski definition) is 5. The lowest BCUT2D eigenvalue weighted by atomic mass is 9.92. The van der Waals surface area contributed by atoms with Gasteiger partial charge in [-0.25, -0.2) is 9.18 Å². The predicted molar refractivity (Wildman–Crippen MR) is 96.7 cm³/mol. The molecule has 0 spiro atoms. The van der Waals surface area contributed by atoms with E-state index in [2.05, 4.69) is 15.5 Å². The van der Waals surface area contributed by atoms with E-state index < -0.39 is 17.5 Å². The first-order valence-corrected chi connectivity index (χ1v) is 8.32. The summed E-state index contributed by atoms with van der Waals surface area (Å²) < 4.78 is 20.5. The van der Waals surface area contributed by atoms with Gasteiger partial charge in [0.25, 0.3) is 0 Å². The summed E-state index contributed by atoms with van der Waals surface area (Å²) in [5, 5.41) is 11.1. The molecule has 1 amide bonds. The zero-order chi connectivity index (χ0) is 19.8. The first-order valence-electron chi connectivity index (χ1n) is 8.32. The van der Waals surface area contributed by atoms with Crippen LogP contribution in [0.3, 0.4) is 0 Å². The Bertz CT molecular complexity index is 1020. The van der Waals surface area contributed by atoms with E-state index in [4.69, 9.17) is 4.42 Å². The van der Waals surface area contributed by atoms with Crippen LogP contribution in [0, 0.1) is 5.82 Å². The van der Waals surface area contributed by atoms with Crippen molar-refractivity contribution in [1.82, 2.24) is 19.6 Å². The average molecular weight is 373 g/mol. The van der Waals surface area contributed by atoms with Gasteiger partial charge >= 0.3 is 5.76 Å². The highest BCUT2D eigenvalue weighted by atomic mass is 19.1. The van der Waals surface area contributed by atoms with Gasteiger partial charge < -0.3 is 9.73 Å². The number of benzene rings is 1. The van der Waals surface area contributed by atoms with Gasteiger partial charge in [0.1, 0.15) is 18.2 Å². The molecule has 2 aromatic heterocycles. The van der Waals surface area contributed by atoms with E-state index in [0.29, 0.717) is 11.4 Å². The Morgan fingerprint density at radius 3 is 2.48 bits per heavy atom. The fraction of sp³-hybridized carbons (Fsp3) is 0.333. The molecule has 0 aliphatic heterocycles. The molecule has 142 valence electrons. The lowest BCUT2D eigenvalue weighted by Gasteiger charge is -2.13. The van der Waals surface area contributed by atoms with Gasteiger partial charge in [-0.3, -0.25) is 9.48 Å². The minimum atomic E-state index is -0.773. The lowest BCUT2D eigenvalue weighted by molar-refractivity contribution is -0.117. The minimum absolute atomic E-state index is 0.0170. The van der Waals surface area contributed by atoms with Crippen molar-refractivity contribution >= 4 is 11.7 Å². The summed E-state index contributed by atoms with van der Waals surface area (Å²) in [5.74, 6) is -1.10.